The molecule has 0 radical (unpaired) electrons. The van der Waals surface area contributed by atoms with E-state index >= 15 is 0 Å². The van der Waals surface area contributed by atoms with Crippen LogP contribution < -0.4 is 0 Å². The van der Waals surface area contributed by atoms with E-state index in [1.807, 2.05) is 13.1 Å². The summed E-state index contributed by atoms with van der Waals surface area (Å²) in [6.45, 7) is 2.78. The van der Waals surface area contributed by atoms with Gasteiger partial charge in [-0.2, -0.15) is 0 Å². The number of carboxylic acids is 1. The molecular weight excluding hydrogens is 252 g/mol. The lowest BCUT2D eigenvalue weighted by molar-refractivity contribution is -0.141. The van der Waals surface area contributed by atoms with Crippen LogP contribution in [0.3, 0.4) is 0 Å². The SMILES string of the molecule is Cc1cccnc1CN(C)C1(CC(=O)O)CCCCC1. The standard InChI is InChI=1S/C16H24N2O2/c1-13-7-6-10-17-14(13)12-18(2)16(11-15(19)20)8-4-3-5-9-16/h6-7,10H,3-5,8-9,11-12H2,1-2H3,(H,19,20). The van der Waals surface area contributed by atoms with Crippen molar-refractivity contribution in [2.45, 2.75) is 57.5 Å². The number of aryl methyl sites for hydroxylation is 1. The molecular formula is C16H24N2O2. The molecule has 0 atom stereocenters. The Labute approximate surface area is 120 Å². The number of nitrogens with zero attached hydrogens (tertiary/aromatic N) is 2. The minimum Gasteiger partial charge on any atom is -0.481 e. The molecule has 0 aliphatic heterocycles. The first-order valence-electron chi connectivity index (χ1n) is 7.37. The van der Waals surface area contributed by atoms with E-state index < -0.39 is 5.97 Å². The van der Waals surface area contributed by atoms with E-state index in [9.17, 15) is 9.90 Å². The van der Waals surface area contributed by atoms with Crippen molar-refractivity contribution >= 4 is 5.97 Å². The summed E-state index contributed by atoms with van der Waals surface area (Å²) in [5.41, 5.74) is 2.01. The summed E-state index contributed by atoms with van der Waals surface area (Å²) in [7, 11) is 2.04. The van der Waals surface area contributed by atoms with Crippen molar-refractivity contribution in [2.75, 3.05) is 7.05 Å². The van der Waals surface area contributed by atoms with Gasteiger partial charge in [-0.25, -0.2) is 0 Å². The van der Waals surface area contributed by atoms with Gasteiger partial charge in [0.25, 0.3) is 0 Å². The van der Waals surface area contributed by atoms with E-state index in [0.717, 1.165) is 37.9 Å². The molecule has 0 saturated heterocycles. The zero-order valence-corrected chi connectivity index (χ0v) is 12.4. The minimum absolute atomic E-state index is 0.200. The van der Waals surface area contributed by atoms with Gasteiger partial charge < -0.3 is 5.11 Å². The lowest BCUT2D eigenvalue weighted by Gasteiger charge is -2.44. The third-order valence-corrected chi connectivity index (χ3v) is 4.58. The molecule has 0 spiro atoms. The van der Waals surface area contributed by atoms with Gasteiger partial charge in [-0.05, 0) is 38.4 Å². The quantitative estimate of drug-likeness (QED) is 0.898. The molecule has 1 aromatic rings. The molecule has 110 valence electrons. The van der Waals surface area contributed by atoms with Gasteiger partial charge in [0, 0.05) is 18.3 Å². The Kier molecular flexibility index (Phi) is 4.76. The summed E-state index contributed by atoms with van der Waals surface area (Å²) in [6.07, 6.45) is 7.45. The molecule has 1 saturated carbocycles. The highest BCUT2D eigenvalue weighted by atomic mass is 16.4. The van der Waals surface area contributed by atoms with Crippen LogP contribution in [-0.2, 0) is 11.3 Å². The highest BCUT2D eigenvalue weighted by Gasteiger charge is 2.38. The summed E-state index contributed by atoms with van der Waals surface area (Å²) < 4.78 is 0. The lowest BCUT2D eigenvalue weighted by Crippen LogP contribution is -2.49. The van der Waals surface area contributed by atoms with Crippen molar-refractivity contribution in [3.63, 3.8) is 0 Å². The van der Waals surface area contributed by atoms with Gasteiger partial charge in [0.2, 0.25) is 0 Å². The Balaban J connectivity index is 2.16. The van der Waals surface area contributed by atoms with E-state index in [-0.39, 0.29) is 12.0 Å². The highest BCUT2D eigenvalue weighted by Crippen LogP contribution is 2.36. The number of aromatic nitrogens is 1. The van der Waals surface area contributed by atoms with Crippen LogP contribution >= 0.6 is 0 Å². The fourth-order valence-corrected chi connectivity index (χ4v) is 3.26. The molecule has 4 nitrogen and oxygen atoms in total. The van der Waals surface area contributed by atoms with Crippen LogP contribution in [0.5, 0.6) is 0 Å². The minimum atomic E-state index is -0.698. The second-order valence-electron chi connectivity index (χ2n) is 5.98. The maximum atomic E-state index is 11.3. The second-order valence-corrected chi connectivity index (χ2v) is 5.98. The van der Waals surface area contributed by atoms with Crippen molar-refractivity contribution in [1.29, 1.82) is 0 Å². The summed E-state index contributed by atoms with van der Waals surface area (Å²) in [4.78, 5) is 17.9. The maximum absolute atomic E-state index is 11.3. The summed E-state index contributed by atoms with van der Waals surface area (Å²) in [5, 5.41) is 9.26. The first-order chi connectivity index (χ1) is 9.53. The van der Waals surface area contributed by atoms with Gasteiger partial charge >= 0.3 is 5.97 Å². The number of aliphatic carboxylic acids is 1. The van der Waals surface area contributed by atoms with E-state index in [4.69, 9.17) is 0 Å². The van der Waals surface area contributed by atoms with Crippen molar-refractivity contribution in [3.8, 4) is 0 Å². The average Bonchev–Trinajstić information content (AvgIpc) is 2.41. The molecule has 20 heavy (non-hydrogen) atoms. The molecule has 0 amide bonds. The van der Waals surface area contributed by atoms with Crippen LogP contribution in [0.15, 0.2) is 18.3 Å². The van der Waals surface area contributed by atoms with Crippen LogP contribution in [0.25, 0.3) is 0 Å². The third kappa shape index (κ3) is 3.37. The average molecular weight is 276 g/mol. The van der Waals surface area contributed by atoms with Crippen LogP contribution in [-0.4, -0.2) is 33.5 Å². The topological polar surface area (TPSA) is 53.4 Å². The van der Waals surface area contributed by atoms with E-state index in [0.29, 0.717) is 0 Å². The van der Waals surface area contributed by atoms with Crippen LogP contribution in [0.1, 0.15) is 49.8 Å². The van der Waals surface area contributed by atoms with E-state index in [1.165, 1.54) is 12.0 Å². The molecule has 1 aliphatic rings. The molecule has 1 N–H and O–H groups in total. The number of rotatable bonds is 5. The molecule has 2 rings (SSSR count). The molecule has 0 aromatic carbocycles. The largest absolute Gasteiger partial charge is 0.481 e. The van der Waals surface area contributed by atoms with Gasteiger partial charge in [0.05, 0.1) is 12.1 Å². The fourth-order valence-electron chi connectivity index (χ4n) is 3.26. The molecule has 1 fully saturated rings. The summed E-state index contributed by atoms with van der Waals surface area (Å²) >= 11 is 0. The second kappa shape index (κ2) is 6.35. The van der Waals surface area contributed by atoms with Crippen LogP contribution in [0.4, 0.5) is 0 Å². The summed E-state index contributed by atoms with van der Waals surface area (Å²) in [5.74, 6) is -0.698. The predicted octanol–water partition coefficient (Wildman–Crippen LogP) is 3.00. The zero-order valence-electron chi connectivity index (χ0n) is 12.4. The monoisotopic (exact) mass is 276 g/mol. The first-order valence-corrected chi connectivity index (χ1v) is 7.37. The van der Waals surface area contributed by atoms with E-state index in [1.54, 1.807) is 6.20 Å². The van der Waals surface area contributed by atoms with Crippen LogP contribution in [0.2, 0.25) is 0 Å². The normalized spacial score (nSPS) is 18.1. The number of carbonyl (C=O) groups is 1. The van der Waals surface area contributed by atoms with Crippen molar-refractivity contribution in [3.05, 3.63) is 29.6 Å². The van der Waals surface area contributed by atoms with Gasteiger partial charge in [0.15, 0.2) is 0 Å². The number of hydrogen-bond acceptors (Lipinski definition) is 3. The Morgan fingerprint density at radius 2 is 2.10 bits per heavy atom. The van der Waals surface area contributed by atoms with E-state index in [2.05, 4.69) is 22.9 Å². The number of pyridine rings is 1. The molecule has 0 bridgehead atoms. The Morgan fingerprint density at radius 1 is 1.40 bits per heavy atom. The fraction of sp³-hybridized carbons (Fsp3) is 0.625. The molecule has 0 unspecified atom stereocenters. The van der Waals surface area contributed by atoms with Gasteiger partial charge in [-0.1, -0.05) is 25.3 Å². The maximum Gasteiger partial charge on any atom is 0.305 e. The van der Waals surface area contributed by atoms with Crippen molar-refractivity contribution < 1.29 is 9.90 Å². The Morgan fingerprint density at radius 3 is 2.70 bits per heavy atom. The highest BCUT2D eigenvalue weighted by molar-refractivity contribution is 5.68. The molecule has 1 aromatic heterocycles. The van der Waals surface area contributed by atoms with Crippen molar-refractivity contribution in [1.82, 2.24) is 9.88 Å². The number of hydrogen-bond donors (Lipinski definition) is 1. The smallest absolute Gasteiger partial charge is 0.305 e. The third-order valence-electron chi connectivity index (χ3n) is 4.58. The zero-order chi connectivity index (χ0) is 14.6. The number of carboxylic acid groups (broad SMARTS) is 1. The molecule has 4 heteroatoms. The first kappa shape index (κ1) is 15.0. The molecule has 1 heterocycles. The van der Waals surface area contributed by atoms with Crippen molar-refractivity contribution in [2.24, 2.45) is 0 Å². The van der Waals surface area contributed by atoms with Gasteiger partial charge in [-0.3, -0.25) is 14.7 Å². The van der Waals surface area contributed by atoms with Gasteiger partial charge in [0.1, 0.15) is 0 Å². The Bertz CT molecular complexity index is 467. The Hall–Kier alpha value is -1.42. The predicted molar refractivity (Wildman–Crippen MR) is 78.5 cm³/mol. The molecule has 1 aliphatic carbocycles. The van der Waals surface area contributed by atoms with Gasteiger partial charge in [-0.15, -0.1) is 0 Å². The van der Waals surface area contributed by atoms with Crippen LogP contribution in [0, 0.1) is 6.92 Å². The lowest BCUT2D eigenvalue weighted by atomic mass is 9.78. The summed E-state index contributed by atoms with van der Waals surface area (Å²) in [6, 6.07) is 3.99.